The van der Waals surface area contributed by atoms with E-state index in [1.165, 1.54) is 0 Å². The second-order valence-corrected chi connectivity index (χ2v) is 9.87. The van der Waals surface area contributed by atoms with Crippen LogP contribution in [0.3, 0.4) is 0 Å². The molecule has 0 radical (unpaired) electrons. The average molecular weight is 412 g/mol. The third kappa shape index (κ3) is 6.70. The summed E-state index contributed by atoms with van der Waals surface area (Å²) in [5.74, 6) is -0.160. The number of sulfonamides is 1. The number of hydrogen-bond donors (Lipinski definition) is 2. The molecule has 2 amide bonds. The van der Waals surface area contributed by atoms with Gasteiger partial charge in [0.25, 0.3) is 5.91 Å². The standard InChI is InChI=1S/C19H29N3O5S/c1-13-6-7-14(12-16(13)21-28(5,25)26)17(23)22-10-8-15(9-11-22)20-18(24)27-19(2,3)4/h6-7,12,15,21H,8-11H2,1-5H3,(H,20,24). The molecule has 0 bridgehead atoms. The Kier molecular flexibility index (Phi) is 6.59. The van der Waals surface area contributed by atoms with E-state index in [4.69, 9.17) is 4.74 Å². The van der Waals surface area contributed by atoms with Crippen LogP contribution in [0.4, 0.5) is 10.5 Å². The van der Waals surface area contributed by atoms with Gasteiger partial charge in [0.05, 0.1) is 11.9 Å². The largest absolute Gasteiger partial charge is 0.444 e. The molecule has 1 aromatic rings. The van der Waals surface area contributed by atoms with Crippen molar-refractivity contribution >= 4 is 27.7 Å². The minimum atomic E-state index is -3.43. The summed E-state index contributed by atoms with van der Waals surface area (Å²) < 4.78 is 30.7. The number of alkyl carbamates (subject to hydrolysis) is 1. The van der Waals surface area contributed by atoms with Crippen molar-refractivity contribution in [2.45, 2.75) is 52.2 Å². The Hall–Kier alpha value is -2.29. The smallest absolute Gasteiger partial charge is 0.407 e. The molecule has 1 aliphatic rings. The van der Waals surface area contributed by atoms with E-state index in [-0.39, 0.29) is 11.9 Å². The van der Waals surface area contributed by atoms with Crippen molar-refractivity contribution in [3.05, 3.63) is 29.3 Å². The maximum Gasteiger partial charge on any atom is 0.407 e. The molecule has 2 rings (SSSR count). The van der Waals surface area contributed by atoms with Gasteiger partial charge in [-0.2, -0.15) is 0 Å². The molecule has 0 aliphatic carbocycles. The second-order valence-electron chi connectivity index (χ2n) is 8.12. The highest BCUT2D eigenvalue weighted by Crippen LogP contribution is 2.21. The number of likely N-dealkylation sites (tertiary alicyclic amines) is 1. The molecule has 0 unspecified atom stereocenters. The number of amides is 2. The zero-order valence-electron chi connectivity index (χ0n) is 17.0. The summed E-state index contributed by atoms with van der Waals surface area (Å²) in [7, 11) is -3.43. The first-order valence-corrected chi connectivity index (χ1v) is 11.1. The molecule has 1 saturated heterocycles. The molecule has 1 aliphatic heterocycles. The summed E-state index contributed by atoms with van der Waals surface area (Å²) in [6.45, 7) is 8.20. The monoisotopic (exact) mass is 411 g/mol. The zero-order valence-corrected chi connectivity index (χ0v) is 17.9. The molecule has 1 fully saturated rings. The van der Waals surface area contributed by atoms with Crippen LogP contribution in [-0.4, -0.2) is 56.3 Å². The number of carbonyl (C=O) groups excluding carboxylic acids is 2. The maximum absolute atomic E-state index is 12.8. The van der Waals surface area contributed by atoms with Crippen LogP contribution in [-0.2, 0) is 14.8 Å². The van der Waals surface area contributed by atoms with Crippen molar-refractivity contribution in [3.63, 3.8) is 0 Å². The average Bonchev–Trinajstić information content (AvgIpc) is 2.54. The molecule has 0 atom stereocenters. The van der Waals surface area contributed by atoms with Gasteiger partial charge >= 0.3 is 6.09 Å². The third-order valence-electron chi connectivity index (χ3n) is 4.28. The molecule has 0 spiro atoms. The van der Waals surface area contributed by atoms with Crippen molar-refractivity contribution in [3.8, 4) is 0 Å². The number of aryl methyl sites for hydroxylation is 1. The Bertz CT molecular complexity index is 838. The number of rotatable bonds is 4. The van der Waals surface area contributed by atoms with Crippen LogP contribution >= 0.6 is 0 Å². The Morgan fingerprint density at radius 2 is 1.79 bits per heavy atom. The third-order valence-corrected chi connectivity index (χ3v) is 4.87. The number of hydrogen-bond acceptors (Lipinski definition) is 5. The summed E-state index contributed by atoms with van der Waals surface area (Å²) in [5.41, 5.74) is 1.01. The molecule has 28 heavy (non-hydrogen) atoms. The Labute approximate surface area is 166 Å². The quantitative estimate of drug-likeness (QED) is 0.792. The highest BCUT2D eigenvalue weighted by atomic mass is 32.2. The number of ether oxygens (including phenoxy) is 1. The van der Waals surface area contributed by atoms with Crippen molar-refractivity contribution in [1.82, 2.24) is 10.2 Å². The Morgan fingerprint density at radius 3 is 2.32 bits per heavy atom. The summed E-state index contributed by atoms with van der Waals surface area (Å²) in [6, 6.07) is 4.93. The summed E-state index contributed by atoms with van der Waals surface area (Å²) >= 11 is 0. The first kappa shape index (κ1) is 22.0. The van der Waals surface area contributed by atoms with Crippen LogP contribution in [0.5, 0.6) is 0 Å². The van der Waals surface area contributed by atoms with E-state index >= 15 is 0 Å². The van der Waals surface area contributed by atoms with Gasteiger partial charge in [-0.25, -0.2) is 13.2 Å². The number of nitrogens with one attached hydrogen (secondary N) is 2. The normalized spacial score (nSPS) is 15.8. The van der Waals surface area contributed by atoms with E-state index in [0.29, 0.717) is 37.2 Å². The lowest BCUT2D eigenvalue weighted by molar-refractivity contribution is 0.0473. The molecule has 156 valence electrons. The zero-order chi connectivity index (χ0) is 21.1. The van der Waals surface area contributed by atoms with Crippen molar-refractivity contribution in [2.75, 3.05) is 24.1 Å². The summed E-state index contributed by atoms with van der Waals surface area (Å²) in [5, 5.41) is 2.84. The molecule has 9 heteroatoms. The predicted octanol–water partition coefficient (Wildman–Crippen LogP) is 2.50. The number of carbonyl (C=O) groups is 2. The van der Waals surface area contributed by atoms with E-state index < -0.39 is 21.7 Å². The molecule has 8 nitrogen and oxygen atoms in total. The SMILES string of the molecule is Cc1ccc(C(=O)N2CCC(NC(=O)OC(C)(C)C)CC2)cc1NS(C)(=O)=O. The van der Waals surface area contributed by atoms with E-state index in [1.54, 1.807) is 30.0 Å². The molecular formula is C19H29N3O5S. The van der Waals surface area contributed by atoms with Crippen LogP contribution < -0.4 is 10.0 Å². The van der Waals surface area contributed by atoms with Crippen LogP contribution in [0.15, 0.2) is 18.2 Å². The van der Waals surface area contributed by atoms with Crippen LogP contribution in [0.25, 0.3) is 0 Å². The Balaban J connectivity index is 1.97. The van der Waals surface area contributed by atoms with Gasteiger partial charge in [0, 0.05) is 24.7 Å². The fourth-order valence-electron chi connectivity index (χ4n) is 2.95. The van der Waals surface area contributed by atoms with Gasteiger partial charge in [0.2, 0.25) is 10.0 Å². The lowest BCUT2D eigenvalue weighted by Crippen LogP contribution is -2.47. The van der Waals surface area contributed by atoms with Gasteiger partial charge in [0.15, 0.2) is 0 Å². The lowest BCUT2D eigenvalue weighted by atomic mass is 10.0. The van der Waals surface area contributed by atoms with Crippen LogP contribution in [0, 0.1) is 6.92 Å². The minimum Gasteiger partial charge on any atom is -0.444 e. The molecule has 2 N–H and O–H groups in total. The Morgan fingerprint density at radius 1 is 1.18 bits per heavy atom. The van der Waals surface area contributed by atoms with Crippen LogP contribution in [0.1, 0.15) is 49.5 Å². The predicted molar refractivity (Wildman–Crippen MR) is 108 cm³/mol. The maximum atomic E-state index is 12.8. The molecule has 1 heterocycles. The lowest BCUT2D eigenvalue weighted by Gasteiger charge is -2.33. The fourth-order valence-corrected chi connectivity index (χ4v) is 3.57. The van der Waals surface area contributed by atoms with Crippen LogP contribution in [0.2, 0.25) is 0 Å². The van der Waals surface area contributed by atoms with Gasteiger partial charge in [-0.1, -0.05) is 6.07 Å². The van der Waals surface area contributed by atoms with E-state index in [9.17, 15) is 18.0 Å². The van der Waals surface area contributed by atoms with E-state index in [1.807, 2.05) is 20.8 Å². The van der Waals surface area contributed by atoms with Crippen molar-refractivity contribution in [1.29, 1.82) is 0 Å². The first-order valence-electron chi connectivity index (χ1n) is 9.21. The number of benzene rings is 1. The summed E-state index contributed by atoms with van der Waals surface area (Å²) in [4.78, 5) is 26.4. The van der Waals surface area contributed by atoms with Gasteiger partial charge in [-0.05, 0) is 58.2 Å². The molecule has 1 aromatic carbocycles. The second kappa shape index (κ2) is 8.38. The molecule has 0 aromatic heterocycles. The first-order chi connectivity index (χ1) is 12.8. The van der Waals surface area contributed by atoms with Gasteiger partial charge in [-0.15, -0.1) is 0 Å². The van der Waals surface area contributed by atoms with Gasteiger partial charge < -0.3 is 15.0 Å². The minimum absolute atomic E-state index is 0.0422. The highest BCUT2D eigenvalue weighted by molar-refractivity contribution is 7.92. The highest BCUT2D eigenvalue weighted by Gasteiger charge is 2.26. The fraction of sp³-hybridized carbons (Fsp3) is 0.579. The van der Waals surface area contributed by atoms with E-state index in [0.717, 1.165) is 11.8 Å². The number of piperidine rings is 1. The molecular weight excluding hydrogens is 382 g/mol. The van der Waals surface area contributed by atoms with Gasteiger partial charge in [0.1, 0.15) is 5.60 Å². The molecule has 0 saturated carbocycles. The number of nitrogens with zero attached hydrogens (tertiary/aromatic N) is 1. The van der Waals surface area contributed by atoms with Crippen molar-refractivity contribution in [2.24, 2.45) is 0 Å². The van der Waals surface area contributed by atoms with E-state index in [2.05, 4.69) is 10.0 Å². The topological polar surface area (TPSA) is 105 Å². The van der Waals surface area contributed by atoms with Crippen molar-refractivity contribution < 1.29 is 22.7 Å². The van der Waals surface area contributed by atoms with Gasteiger partial charge in [-0.3, -0.25) is 9.52 Å². The summed E-state index contributed by atoms with van der Waals surface area (Å²) in [6.07, 6.45) is 1.88. The number of anilines is 1.